The smallest absolute Gasteiger partial charge is 0.338 e. The summed E-state index contributed by atoms with van der Waals surface area (Å²) in [6.45, 7) is 1.88. The van der Waals surface area contributed by atoms with E-state index in [1.54, 1.807) is 33.2 Å². The van der Waals surface area contributed by atoms with Gasteiger partial charge in [0.2, 0.25) is 0 Å². The molecule has 0 atom stereocenters. The lowest BCUT2D eigenvalue weighted by molar-refractivity contribution is -0.130. The molecule has 0 aliphatic heterocycles. The second-order valence-corrected chi connectivity index (χ2v) is 4.05. The van der Waals surface area contributed by atoms with E-state index >= 15 is 0 Å². The van der Waals surface area contributed by atoms with Gasteiger partial charge in [-0.1, -0.05) is 0 Å². The summed E-state index contributed by atoms with van der Waals surface area (Å²) in [6, 6.07) is 4.56. The van der Waals surface area contributed by atoms with Gasteiger partial charge >= 0.3 is 5.97 Å². The molecule has 6 nitrogen and oxygen atoms in total. The molecule has 0 aromatic heterocycles. The molecule has 0 saturated heterocycles. The predicted molar refractivity (Wildman–Crippen MR) is 71.0 cm³/mol. The Hall–Kier alpha value is -2.24. The third-order valence-electron chi connectivity index (χ3n) is 2.37. The van der Waals surface area contributed by atoms with Gasteiger partial charge in [0.25, 0.3) is 5.91 Å². The number of nitrogens with zero attached hydrogens (tertiary/aromatic N) is 1. The molecule has 1 amide bonds. The van der Waals surface area contributed by atoms with Gasteiger partial charge in [-0.25, -0.2) is 4.79 Å². The SMILES string of the molecule is CCOC(=O)c1ccc(N)c(OCC(=O)N(C)C)c1. The summed E-state index contributed by atoms with van der Waals surface area (Å²) in [5.41, 5.74) is 6.42. The summed E-state index contributed by atoms with van der Waals surface area (Å²) in [4.78, 5) is 24.4. The van der Waals surface area contributed by atoms with E-state index in [-0.39, 0.29) is 12.5 Å². The molecular formula is C13H18N2O4. The molecule has 0 aliphatic carbocycles. The van der Waals surface area contributed by atoms with E-state index in [1.165, 1.54) is 11.0 Å². The van der Waals surface area contributed by atoms with Crippen molar-refractivity contribution >= 4 is 17.6 Å². The number of nitrogen functional groups attached to an aromatic ring is 1. The first kappa shape index (κ1) is 14.8. The van der Waals surface area contributed by atoms with Gasteiger partial charge in [0, 0.05) is 14.1 Å². The Balaban J connectivity index is 2.80. The lowest BCUT2D eigenvalue weighted by Gasteiger charge is -2.13. The van der Waals surface area contributed by atoms with Gasteiger partial charge in [0.1, 0.15) is 5.75 Å². The molecule has 0 unspecified atom stereocenters. The maximum Gasteiger partial charge on any atom is 0.338 e. The maximum absolute atomic E-state index is 11.6. The fourth-order valence-electron chi connectivity index (χ4n) is 1.27. The Labute approximate surface area is 112 Å². The van der Waals surface area contributed by atoms with Crippen LogP contribution in [0.5, 0.6) is 5.75 Å². The van der Waals surface area contributed by atoms with Crippen LogP contribution in [0.1, 0.15) is 17.3 Å². The molecule has 0 heterocycles. The zero-order chi connectivity index (χ0) is 14.4. The minimum atomic E-state index is -0.453. The molecular weight excluding hydrogens is 248 g/mol. The Morgan fingerprint density at radius 1 is 1.32 bits per heavy atom. The first-order valence-electron chi connectivity index (χ1n) is 5.85. The first-order valence-corrected chi connectivity index (χ1v) is 5.85. The standard InChI is InChI=1S/C13H18N2O4/c1-4-18-13(17)9-5-6-10(14)11(7-9)19-8-12(16)15(2)3/h5-7H,4,8,14H2,1-3H3. The number of carbonyl (C=O) groups excluding carboxylic acids is 2. The molecule has 2 N–H and O–H groups in total. The van der Waals surface area contributed by atoms with Crippen LogP contribution >= 0.6 is 0 Å². The Bertz CT molecular complexity index is 472. The van der Waals surface area contributed by atoms with Crippen molar-refractivity contribution in [1.29, 1.82) is 0 Å². The van der Waals surface area contributed by atoms with Gasteiger partial charge in [-0.2, -0.15) is 0 Å². The van der Waals surface area contributed by atoms with Crippen LogP contribution in [0.15, 0.2) is 18.2 Å². The van der Waals surface area contributed by atoms with Crippen LogP contribution in [0, 0.1) is 0 Å². The Morgan fingerprint density at radius 2 is 2.00 bits per heavy atom. The summed E-state index contributed by atoms with van der Waals surface area (Å²) in [5, 5.41) is 0. The molecule has 1 rings (SSSR count). The molecule has 1 aromatic rings. The summed E-state index contributed by atoms with van der Waals surface area (Å²) >= 11 is 0. The largest absolute Gasteiger partial charge is 0.482 e. The quantitative estimate of drug-likeness (QED) is 0.633. The van der Waals surface area contributed by atoms with E-state index < -0.39 is 5.97 Å². The van der Waals surface area contributed by atoms with Crippen molar-refractivity contribution < 1.29 is 19.1 Å². The Kier molecular flexibility index (Phi) is 5.17. The van der Waals surface area contributed by atoms with Crippen LogP contribution in [0.25, 0.3) is 0 Å². The van der Waals surface area contributed by atoms with E-state index in [4.69, 9.17) is 15.2 Å². The molecule has 1 aromatic carbocycles. The predicted octanol–water partition coefficient (Wildman–Crippen LogP) is 0.912. The number of carbonyl (C=O) groups is 2. The molecule has 0 radical (unpaired) electrons. The van der Waals surface area contributed by atoms with Gasteiger partial charge in [0.15, 0.2) is 6.61 Å². The van der Waals surface area contributed by atoms with Crippen LogP contribution < -0.4 is 10.5 Å². The van der Waals surface area contributed by atoms with E-state index in [0.29, 0.717) is 23.6 Å². The minimum Gasteiger partial charge on any atom is -0.482 e. The zero-order valence-corrected chi connectivity index (χ0v) is 11.3. The maximum atomic E-state index is 11.6. The highest BCUT2D eigenvalue weighted by molar-refractivity contribution is 5.90. The molecule has 0 spiro atoms. The monoisotopic (exact) mass is 266 g/mol. The average molecular weight is 266 g/mol. The van der Waals surface area contributed by atoms with Gasteiger partial charge < -0.3 is 20.1 Å². The topological polar surface area (TPSA) is 81.9 Å². The molecule has 104 valence electrons. The number of amides is 1. The molecule has 0 saturated carbocycles. The number of esters is 1. The lowest BCUT2D eigenvalue weighted by Crippen LogP contribution is -2.27. The number of rotatable bonds is 5. The van der Waals surface area contributed by atoms with Crippen molar-refractivity contribution in [3.8, 4) is 5.75 Å². The third-order valence-corrected chi connectivity index (χ3v) is 2.37. The number of nitrogens with two attached hydrogens (primary N) is 1. The van der Waals surface area contributed by atoms with Crippen molar-refractivity contribution in [3.63, 3.8) is 0 Å². The fourth-order valence-corrected chi connectivity index (χ4v) is 1.27. The van der Waals surface area contributed by atoms with Gasteiger partial charge in [-0.15, -0.1) is 0 Å². The summed E-state index contributed by atoms with van der Waals surface area (Å²) in [6.07, 6.45) is 0. The van der Waals surface area contributed by atoms with Crippen molar-refractivity contribution in [3.05, 3.63) is 23.8 Å². The van der Waals surface area contributed by atoms with Crippen molar-refractivity contribution in [2.45, 2.75) is 6.92 Å². The number of hydrogen-bond donors (Lipinski definition) is 1. The number of hydrogen-bond acceptors (Lipinski definition) is 5. The average Bonchev–Trinajstić information content (AvgIpc) is 2.37. The normalized spacial score (nSPS) is 9.84. The highest BCUT2D eigenvalue weighted by atomic mass is 16.5. The second kappa shape index (κ2) is 6.63. The van der Waals surface area contributed by atoms with Gasteiger partial charge in [0.05, 0.1) is 17.9 Å². The second-order valence-electron chi connectivity index (χ2n) is 4.05. The van der Waals surface area contributed by atoms with Gasteiger partial charge in [-0.3, -0.25) is 4.79 Å². The number of benzene rings is 1. The number of likely N-dealkylation sites (N-methyl/N-ethyl adjacent to an activating group) is 1. The van der Waals surface area contributed by atoms with Crippen molar-refractivity contribution in [1.82, 2.24) is 4.90 Å². The van der Waals surface area contributed by atoms with Crippen molar-refractivity contribution in [2.24, 2.45) is 0 Å². The Morgan fingerprint density at radius 3 is 2.58 bits per heavy atom. The highest BCUT2D eigenvalue weighted by Gasteiger charge is 2.12. The van der Waals surface area contributed by atoms with Crippen LogP contribution in [-0.2, 0) is 9.53 Å². The van der Waals surface area contributed by atoms with E-state index in [0.717, 1.165) is 0 Å². The van der Waals surface area contributed by atoms with E-state index in [9.17, 15) is 9.59 Å². The van der Waals surface area contributed by atoms with Gasteiger partial charge in [-0.05, 0) is 25.1 Å². The van der Waals surface area contributed by atoms with Crippen LogP contribution in [-0.4, -0.2) is 44.1 Å². The summed E-state index contributed by atoms with van der Waals surface area (Å²) in [7, 11) is 3.26. The molecule has 6 heteroatoms. The highest BCUT2D eigenvalue weighted by Crippen LogP contribution is 2.23. The summed E-state index contributed by atoms with van der Waals surface area (Å²) < 4.78 is 10.2. The van der Waals surface area contributed by atoms with Crippen LogP contribution in [0.4, 0.5) is 5.69 Å². The molecule has 0 aliphatic rings. The van der Waals surface area contributed by atoms with Crippen LogP contribution in [0.2, 0.25) is 0 Å². The summed E-state index contributed by atoms with van der Waals surface area (Å²) in [5.74, 6) is -0.354. The van der Waals surface area contributed by atoms with Crippen LogP contribution in [0.3, 0.4) is 0 Å². The minimum absolute atomic E-state index is 0.135. The molecule has 0 fully saturated rings. The number of anilines is 1. The van der Waals surface area contributed by atoms with E-state index in [2.05, 4.69) is 0 Å². The fraction of sp³-hybridized carbons (Fsp3) is 0.385. The first-order chi connectivity index (χ1) is 8.95. The van der Waals surface area contributed by atoms with Crippen molar-refractivity contribution in [2.75, 3.05) is 33.0 Å². The third kappa shape index (κ3) is 4.17. The zero-order valence-electron chi connectivity index (χ0n) is 11.3. The molecule has 0 bridgehead atoms. The number of ether oxygens (including phenoxy) is 2. The molecule has 19 heavy (non-hydrogen) atoms. The van der Waals surface area contributed by atoms with E-state index in [1.807, 2.05) is 0 Å². The lowest BCUT2D eigenvalue weighted by atomic mass is 10.2.